The van der Waals surface area contributed by atoms with Gasteiger partial charge in [-0.05, 0) is 31.2 Å². The van der Waals surface area contributed by atoms with E-state index in [2.05, 4.69) is 5.10 Å². The van der Waals surface area contributed by atoms with E-state index in [1.807, 2.05) is 30.3 Å². The molecular weight excluding hydrogens is 354 g/mol. The van der Waals surface area contributed by atoms with Gasteiger partial charge in [-0.25, -0.2) is 9.48 Å². The summed E-state index contributed by atoms with van der Waals surface area (Å²) in [7, 11) is 0. The van der Waals surface area contributed by atoms with Gasteiger partial charge in [-0.1, -0.05) is 41.9 Å². The molecule has 26 heavy (non-hydrogen) atoms. The van der Waals surface area contributed by atoms with E-state index >= 15 is 0 Å². The normalized spacial score (nSPS) is 21.0. The molecule has 1 aliphatic heterocycles. The fourth-order valence-corrected chi connectivity index (χ4v) is 4.16. The Hall–Kier alpha value is -2.34. The lowest BCUT2D eigenvalue weighted by Gasteiger charge is -2.26. The summed E-state index contributed by atoms with van der Waals surface area (Å²) in [4.78, 5) is 26.1. The molecule has 0 spiro atoms. The number of carboxylic acids is 1. The number of hydrogen-bond acceptors (Lipinski definition) is 3. The maximum atomic E-state index is 13.1. The molecule has 1 atom stereocenters. The van der Waals surface area contributed by atoms with Crippen molar-refractivity contribution in [3.05, 3.63) is 52.8 Å². The first kappa shape index (κ1) is 17.1. The van der Waals surface area contributed by atoms with E-state index in [4.69, 9.17) is 11.6 Å². The first-order chi connectivity index (χ1) is 12.5. The van der Waals surface area contributed by atoms with Crippen molar-refractivity contribution >= 4 is 23.5 Å². The number of amides is 1. The minimum atomic E-state index is -0.933. The molecule has 6 nitrogen and oxygen atoms in total. The first-order valence-electron chi connectivity index (χ1n) is 8.82. The molecule has 1 saturated heterocycles. The molecule has 4 rings (SSSR count). The van der Waals surface area contributed by atoms with Crippen LogP contribution in [0.5, 0.6) is 0 Å². The fourth-order valence-electron chi connectivity index (χ4n) is 3.82. The average Bonchev–Trinajstić information content (AvgIpc) is 3.13. The summed E-state index contributed by atoms with van der Waals surface area (Å²) in [6, 6.07) is 9.14. The fraction of sp³-hybridized carbons (Fsp3) is 0.421. The number of aromatic nitrogens is 2. The van der Waals surface area contributed by atoms with Crippen LogP contribution in [-0.2, 0) is 21.5 Å². The van der Waals surface area contributed by atoms with Crippen LogP contribution in [0.15, 0.2) is 36.5 Å². The lowest BCUT2D eigenvalue weighted by atomic mass is 9.97. The van der Waals surface area contributed by atoms with Crippen molar-refractivity contribution in [1.82, 2.24) is 14.7 Å². The van der Waals surface area contributed by atoms with Crippen LogP contribution >= 0.6 is 11.6 Å². The molecule has 1 saturated carbocycles. The van der Waals surface area contributed by atoms with Crippen molar-refractivity contribution < 1.29 is 14.7 Å². The van der Waals surface area contributed by atoms with Crippen LogP contribution in [0.1, 0.15) is 36.8 Å². The van der Waals surface area contributed by atoms with Crippen molar-refractivity contribution in [2.24, 2.45) is 0 Å². The SMILES string of the molecule is O=C(O)C1CCCN1C(=O)C1(c2cnn(Cc3ccccc3)c2Cl)CC1. The molecule has 2 aliphatic rings. The number of hydrogen-bond donors (Lipinski definition) is 1. The van der Waals surface area contributed by atoms with Crippen molar-refractivity contribution in [1.29, 1.82) is 0 Å². The van der Waals surface area contributed by atoms with Gasteiger partial charge in [-0.3, -0.25) is 4.79 Å². The monoisotopic (exact) mass is 373 g/mol. The number of nitrogens with zero attached hydrogens (tertiary/aromatic N) is 3. The molecule has 1 amide bonds. The molecule has 1 N–H and O–H groups in total. The summed E-state index contributed by atoms with van der Waals surface area (Å²) in [5.41, 5.74) is 1.09. The Balaban J connectivity index is 1.59. The highest BCUT2D eigenvalue weighted by atomic mass is 35.5. The van der Waals surface area contributed by atoms with Gasteiger partial charge in [-0.15, -0.1) is 0 Å². The molecule has 136 valence electrons. The van der Waals surface area contributed by atoms with Crippen LogP contribution in [0.2, 0.25) is 5.15 Å². The van der Waals surface area contributed by atoms with E-state index in [0.717, 1.165) is 17.5 Å². The number of benzene rings is 1. The van der Waals surface area contributed by atoms with E-state index in [9.17, 15) is 14.7 Å². The maximum absolute atomic E-state index is 13.1. The average molecular weight is 374 g/mol. The van der Waals surface area contributed by atoms with Crippen molar-refractivity contribution in [3.8, 4) is 0 Å². The lowest BCUT2D eigenvalue weighted by molar-refractivity contribution is -0.149. The molecule has 1 aromatic heterocycles. The van der Waals surface area contributed by atoms with Gasteiger partial charge >= 0.3 is 5.97 Å². The molecule has 1 aliphatic carbocycles. The highest BCUT2D eigenvalue weighted by molar-refractivity contribution is 6.31. The summed E-state index contributed by atoms with van der Waals surface area (Å²) in [5, 5.41) is 14.2. The zero-order valence-electron chi connectivity index (χ0n) is 14.3. The topological polar surface area (TPSA) is 75.4 Å². The molecule has 2 aromatic rings. The summed E-state index contributed by atoms with van der Waals surface area (Å²) >= 11 is 6.56. The van der Waals surface area contributed by atoms with E-state index < -0.39 is 17.4 Å². The zero-order valence-corrected chi connectivity index (χ0v) is 15.0. The van der Waals surface area contributed by atoms with Crippen molar-refractivity contribution in [2.75, 3.05) is 6.54 Å². The van der Waals surface area contributed by atoms with Gasteiger partial charge in [0.05, 0.1) is 18.2 Å². The minimum Gasteiger partial charge on any atom is -0.480 e. The zero-order chi connectivity index (χ0) is 18.3. The molecule has 0 radical (unpaired) electrons. The van der Waals surface area contributed by atoms with Gasteiger partial charge in [0.25, 0.3) is 0 Å². The van der Waals surface area contributed by atoms with Crippen LogP contribution < -0.4 is 0 Å². The molecule has 7 heteroatoms. The molecular formula is C19H20ClN3O3. The van der Waals surface area contributed by atoms with Gasteiger partial charge in [0.2, 0.25) is 5.91 Å². The van der Waals surface area contributed by atoms with Gasteiger partial charge in [-0.2, -0.15) is 5.10 Å². The van der Waals surface area contributed by atoms with Gasteiger partial charge < -0.3 is 10.0 Å². The second-order valence-corrected chi connectivity index (χ2v) is 7.43. The molecule has 2 heterocycles. The third-order valence-corrected chi connectivity index (χ3v) is 5.82. The number of rotatable bonds is 5. The summed E-state index contributed by atoms with van der Waals surface area (Å²) < 4.78 is 1.69. The number of halogens is 1. The van der Waals surface area contributed by atoms with E-state index in [1.165, 1.54) is 4.90 Å². The van der Waals surface area contributed by atoms with Gasteiger partial charge in [0, 0.05) is 12.1 Å². The summed E-state index contributed by atoms with van der Waals surface area (Å²) in [5.74, 6) is -1.05. The van der Waals surface area contributed by atoms with Crippen LogP contribution in [-0.4, -0.2) is 44.3 Å². The minimum absolute atomic E-state index is 0.122. The Morgan fingerprint density at radius 2 is 2.00 bits per heavy atom. The number of carbonyl (C=O) groups excluding carboxylic acids is 1. The second kappa shape index (κ2) is 6.43. The molecule has 1 unspecified atom stereocenters. The van der Waals surface area contributed by atoms with Crippen molar-refractivity contribution in [2.45, 2.75) is 43.7 Å². The smallest absolute Gasteiger partial charge is 0.326 e. The maximum Gasteiger partial charge on any atom is 0.326 e. The molecule has 2 fully saturated rings. The highest BCUT2D eigenvalue weighted by Gasteiger charge is 2.57. The standard InChI is InChI=1S/C19H20ClN3O3/c20-16-14(11-21-23(16)12-13-5-2-1-3-6-13)19(8-9-19)18(26)22-10-4-7-15(22)17(24)25/h1-3,5-6,11,15H,4,7-10,12H2,(H,24,25). The Kier molecular flexibility index (Phi) is 4.23. The lowest BCUT2D eigenvalue weighted by Crippen LogP contribution is -2.45. The van der Waals surface area contributed by atoms with E-state index in [0.29, 0.717) is 37.5 Å². The van der Waals surface area contributed by atoms with Crippen LogP contribution in [0.4, 0.5) is 0 Å². The predicted octanol–water partition coefficient (Wildman–Crippen LogP) is 2.69. The first-order valence-corrected chi connectivity index (χ1v) is 9.20. The van der Waals surface area contributed by atoms with Gasteiger partial charge in [0.1, 0.15) is 11.2 Å². The third kappa shape index (κ3) is 2.78. The van der Waals surface area contributed by atoms with Crippen LogP contribution in [0.25, 0.3) is 0 Å². The van der Waals surface area contributed by atoms with E-state index in [-0.39, 0.29) is 5.91 Å². The number of aliphatic carboxylic acids is 1. The summed E-state index contributed by atoms with van der Waals surface area (Å²) in [6.45, 7) is 1.03. The Morgan fingerprint density at radius 3 is 2.65 bits per heavy atom. The Labute approximate surface area is 156 Å². The highest BCUT2D eigenvalue weighted by Crippen LogP contribution is 2.52. The Bertz CT molecular complexity index is 845. The predicted molar refractivity (Wildman–Crippen MR) is 96.1 cm³/mol. The largest absolute Gasteiger partial charge is 0.480 e. The summed E-state index contributed by atoms with van der Waals surface area (Å²) in [6.07, 6.45) is 4.27. The Morgan fingerprint density at radius 1 is 1.27 bits per heavy atom. The second-order valence-electron chi connectivity index (χ2n) is 7.07. The third-order valence-electron chi connectivity index (χ3n) is 5.42. The number of carbonyl (C=O) groups is 2. The quantitative estimate of drug-likeness (QED) is 0.874. The molecule has 0 bridgehead atoms. The van der Waals surface area contributed by atoms with E-state index in [1.54, 1.807) is 10.9 Å². The van der Waals surface area contributed by atoms with Crippen LogP contribution in [0.3, 0.4) is 0 Å². The van der Waals surface area contributed by atoms with Crippen molar-refractivity contribution in [3.63, 3.8) is 0 Å². The van der Waals surface area contributed by atoms with Crippen LogP contribution in [0, 0.1) is 0 Å². The number of carboxylic acid groups (broad SMARTS) is 1. The van der Waals surface area contributed by atoms with Gasteiger partial charge in [0.15, 0.2) is 0 Å². The molecule has 1 aromatic carbocycles. The number of likely N-dealkylation sites (tertiary alicyclic amines) is 1.